The summed E-state index contributed by atoms with van der Waals surface area (Å²) < 4.78 is 14.7. The number of rotatable bonds is 11. The summed E-state index contributed by atoms with van der Waals surface area (Å²) >= 11 is 2.06. The van der Waals surface area contributed by atoms with Crippen LogP contribution in [0.15, 0.2) is 18.2 Å². The highest BCUT2D eigenvalue weighted by molar-refractivity contribution is 14.1. The van der Waals surface area contributed by atoms with Crippen molar-refractivity contribution in [3.8, 4) is 12.3 Å². The van der Waals surface area contributed by atoms with Crippen molar-refractivity contribution in [2.75, 3.05) is 27.9 Å². The van der Waals surface area contributed by atoms with Gasteiger partial charge in [-0.25, -0.2) is 9.59 Å². The second-order valence-corrected chi connectivity index (χ2v) is 7.47. The molecule has 168 valence electrons. The van der Waals surface area contributed by atoms with E-state index in [1.54, 1.807) is 18.2 Å². The number of hydrogen-bond donors (Lipinski definition) is 2. The summed E-state index contributed by atoms with van der Waals surface area (Å²) in [7, 11) is 3.45. The highest BCUT2D eigenvalue weighted by Gasteiger charge is 2.33. The van der Waals surface area contributed by atoms with Crippen molar-refractivity contribution < 1.29 is 33.4 Å². The van der Waals surface area contributed by atoms with E-state index in [1.807, 2.05) is 0 Å². The molecule has 0 fully saturated rings. The van der Waals surface area contributed by atoms with Crippen LogP contribution in [0.3, 0.4) is 0 Å². The molecule has 1 rings (SSSR count). The summed E-state index contributed by atoms with van der Waals surface area (Å²) in [6, 6.07) is 2.79. The van der Waals surface area contributed by atoms with E-state index in [0.717, 1.165) is 17.8 Å². The molecule has 0 radical (unpaired) electrons. The highest BCUT2D eigenvalue weighted by atomic mass is 127. The van der Waals surface area contributed by atoms with Crippen molar-refractivity contribution in [1.82, 2.24) is 10.6 Å². The predicted octanol–water partition coefficient (Wildman–Crippen LogP) is 1.02. The number of methoxy groups -OCH3 is 3. The molecular formula is C21H25IN2O7. The fraction of sp³-hybridized carbons (Fsp3) is 0.429. The van der Waals surface area contributed by atoms with Crippen molar-refractivity contribution in [3.63, 3.8) is 0 Å². The van der Waals surface area contributed by atoms with E-state index in [1.165, 1.54) is 7.11 Å². The highest BCUT2D eigenvalue weighted by Crippen LogP contribution is 2.14. The van der Waals surface area contributed by atoms with Crippen molar-refractivity contribution in [2.45, 2.75) is 31.3 Å². The van der Waals surface area contributed by atoms with E-state index in [9.17, 15) is 19.2 Å². The number of amides is 1. The Morgan fingerprint density at radius 2 is 1.65 bits per heavy atom. The number of ether oxygens (including phenoxy) is 3. The number of halogens is 1. The normalized spacial score (nSPS) is 11.2. The van der Waals surface area contributed by atoms with E-state index in [0.29, 0.717) is 30.5 Å². The van der Waals surface area contributed by atoms with Gasteiger partial charge in [-0.2, -0.15) is 0 Å². The van der Waals surface area contributed by atoms with Crippen LogP contribution in [0, 0.1) is 15.9 Å². The third-order valence-corrected chi connectivity index (χ3v) is 5.25. The van der Waals surface area contributed by atoms with Crippen LogP contribution in [0.2, 0.25) is 0 Å². The Bertz CT molecular complexity index is 835. The minimum Gasteiger partial charge on any atom is -0.468 e. The Balaban J connectivity index is 2.62. The zero-order valence-corrected chi connectivity index (χ0v) is 19.7. The van der Waals surface area contributed by atoms with Gasteiger partial charge in [0.2, 0.25) is 6.04 Å². The predicted molar refractivity (Wildman–Crippen MR) is 120 cm³/mol. The molecule has 0 aliphatic carbocycles. The molecule has 0 bridgehead atoms. The van der Waals surface area contributed by atoms with Gasteiger partial charge < -0.3 is 19.5 Å². The maximum Gasteiger partial charge on any atom is 0.334 e. The van der Waals surface area contributed by atoms with Crippen LogP contribution in [0.5, 0.6) is 0 Å². The first-order valence-corrected chi connectivity index (χ1v) is 10.4. The summed E-state index contributed by atoms with van der Waals surface area (Å²) in [6.45, 7) is 0.362. The molecule has 31 heavy (non-hydrogen) atoms. The summed E-state index contributed by atoms with van der Waals surface area (Å²) in [5.74, 6) is -0.148. The van der Waals surface area contributed by atoms with Crippen molar-refractivity contribution in [1.29, 1.82) is 0 Å². The first-order valence-electron chi connectivity index (χ1n) is 9.32. The monoisotopic (exact) mass is 544 g/mol. The molecule has 0 aliphatic rings. The lowest BCUT2D eigenvalue weighted by Gasteiger charge is -2.21. The Morgan fingerprint density at radius 3 is 2.19 bits per heavy atom. The largest absolute Gasteiger partial charge is 0.468 e. The van der Waals surface area contributed by atoms with Gasteiger partial charge in [0, 0.05) is 15.7 Å². The van der Waals surface area contributed by atoms with Crippen LogP contribution in [0.1, 0.15) is 35.2 Å². The zero-order chi connectivity index (χ0) is 23.4. The van der Waals surface area contributed by atoms with Crippen molar-refractivity contribution >= 4 is 46.4 Å². The lowest BCUT2D eigenvalue weighted by molar-refractivity contribution is -0.156. The Labute approximate surface area is 194 Å². The Kier molecular flexibility index (Phi) is 11.6. The summed E-state index contributed by atoms with van der Waals surface area (Å²) in [6.07, 6.45) is 6.69. The van der Waals surface area contributed by atoms with Crippen LogP contribution in [0.25, 0.3) is 0 Å². The molecule has 0 spiro atoms. The molecule has 0 aliphatic heterocycles. The van der Waals surface area contributed by atoms with Crippen LogP contribution in [-0.2, 0) is 28.6 Å². The Morgan fingerprint density at radius 1 is 1.03 bits per heavy atom. The summed E-state index contributed by atoms with van der Waals surface area (Å²) in [4.78, 5) is 48.1. The number of esters is 3. The zero-order valence-electron chi connectivity index (χ0n) is 17.5. The number of carbonyl (C=O) groups excluding carboxylic acids is 4. The second-order valence-electron chi connectivity index (χ2n) is 6.31. The van der Waals surface area contributed by atoms with Gasteiger partial charge in [0.25, 0.3) is 5.91 Å². The van der Waals surface area contributed by atoms with E-state index in [2.05, 4.69) is 48.6 Å². The molecule has 1 aromatic carbocycles. The SMILES string of the molecule is C#Cc1ccc(I)c(C(=O)NCCCCC(NC(C(=O)OC)C(=O)OC)C(=O)OC)c1. The molecule has 1 aromatic rings. The number of benzene rings is 1. The van der Waals surface area contributed by atoms with E-state index < -0.39 is 30.0 Å². The second kappa shape index (κ2) is 13.6. The van der Waals surface area contributed by atoms with Crippen LogP contribution in [0.4, 0.5) is 0 Å². The van der Waals surface area contributed by atoms with Crippen molar-refractivity contribution in [2.24, 2.45) is 0 Å². The average Bonchev–Trinajstić information content (AvgIpc) is 2.79. The fourth-order valence-electron chi connectivity index (χ4n) is 2.64. The van der Waals surface area contributed by atoms with E-state index in [-0.39, 0.29) is 12.3 Å². The summed E-state index contributed by atoms with van der Waals surface area (Å²) in [5, 5.41) is 5.43. The molecule has 0 saturated carbocycles. The molecule has 0 saturated heterocycles. The number of hydrogen-bond acceptors (Lipinski definition) is 8. The smallest absolute Gasteiger partial charge is 0.334 e. The van der Waals surface area contributed by atoms with Gasteiger partial charge in [0.05, 0.1) is 26.9 Å². The minimum absolute atomic E-state index is 0.249. The van der Waals surface area contributed by atoms with Crippen molar-refractivity contribution in [3.05, 3.63) is 32.9 Å². The maximum atomic E-state index is 12.4. The standard InChI is InChI=1S/C21H25IN2O7/c1-5-13-9-10-15(22)14(12-13)18(25)23-11-7-6-8-16(19(26)29-2)24-17(20(27)30-3)21(28)31-4/h1,9-10,12,16-17,24H,6-8,11H2,2-4H3,(H,23,25). The first kappa shape index (κ1) is 26.4. The summed E-state index contributed by atoms with van der Waals surface area (Å²) in [5.41, 5.74) is 1.10. The molecular weight excluding hydrogens is 519 g/mol. The van der Waals surface area contributed by atoms with Gasteiger partial charge in [-0.15, -0.1) is 6.42 Å². The van der Waals surface area contributed by atoms with Crippen LogP contribution in [-0.4, -0.2) is 63.8 Å². The van der Waals surface area contributed by atoms with E-state index in [4.69, 9.17) is 11.2 Å². The molecule has 0 aromatic heterocycles. The number of carbonyl (C=O) groups is 4. The Hall–Kier alpha value is -2.65. The minimum atomic E-state index is -1.45. The van der Waals surface area contributed by atoms with Crippen LogP contribution < -0.4 is 10.6 Å². The first-order chi connectivity index (χ1) is 14.8. The van der Waals surface area contributed by atoms with E-state index >= 15 is 0 Å². The van der Waals surface area contributed by atoms with Gasteiger partial charge in [0.1, 0.15) is 6.04 Å². The van der Waals surface area contributed by atoms with Gasteiger partial charge in [-0.05, 0) is 60.1 Å². The third kappa shape index (κ3) is 8.18. The molecule has 9 nitrogen and oxygen atoms in total. The molecule has 0 heterocycles. The molecule has 1 unspecified atom stereocenters. The lowest BCUT2D eigenvalue weighted by atomic mass is 10.1. The van der Waals surface area contributed by atoms with Gasteiger partial charge in [-0.3, -0.25) is 14.9 Å². The third-order valence-electron chi connectivity index (χ3n) is 4.31. The van der Waals surface area contributed by atoms with Gasteiger partial charge in [-0.1, -0.05) is 5.92 Å². The van der Waals surface area contributed by atoms with Crippen LogP contribution >= 0.6 is 22.6 Å². The molecule has 10 heteroatoms. The molecule has 1 atom stereocenters. The quantitative estimate of drug-likeness (QED) is 0.106. The molecule has 2 N–H and O–H groups in total. The maximum absolute atomic E-state index is 12.4. The van der Waals surface area contributed by atoms with Gasteiger partial charge in [0.15, 0.2) is 0 Å². The average molecular weight is 544 g/mol. The number of nitrogens with one attached hydrogen (secondary N) is 2. The fourth-order valence-corrected chi connectivity index (χ4v) is 3.22. The topological polar surface area (TPSA) is 120 Å². The number of unbranched alkanes of at least 4 members (excludes halogenated alkanes) is 1. The molecule has 1 amide bonds. The van der Waals surface area contributed by atoms with Gasteiger partial charge >= 0.3 is 17.9 Å². The lowest BCUT2D eigenvalue weighted by Crippen LogP contribution is -2.52. The number of terminal acetylenes is 1.